The molecule has 32 heavy (non-hydrogen) atoms. The number of methoxy groups -OCH3 is 1. The van der Waals surface area contributed by atoms with Crippen LogP contribution in [0.3, 0.4) is 0 Å². The maximum atomic E-state index is 11.6. The van der Waals surface area contributed by atoms with E-state index in [0.717, 1.165) is 0 Å². The summed E-state index contributed by atoms with van der Waals surface area (Å²) in [4.78, 5) is 11.6. The van der Waals surface area contributed by atoms with Gasteiger partial charge in [-0.3, -0.25) is 4.79 Å². The Morgan fingerprint density at radius 2 is 1.84 bits per heavy atom. The number of hydrogen-bond acceptors (Lipinski definition) is 12. The summed E-state index contributed by atoms with van der Waals surface area (Å²) in [6.45, 7) is -0.138. The van der Waals surface area contributed by atoms with E-state index in [-0.39, 0.29) is 23.9 Å². The molecule has 2 fully saturated rings. The third kappa shape index (κ3) is 4.88. The van der Waals surface area contributed by atoms with Crippen LogP contribution in [-0.2, 0) is 14.2 Å². The fourth-order valence-corrected chi connectivity index (χ4v) is 3.39. The highest BCUT2D eigenvalue weighted by Gasteiger charge is 2.50. The molecule has 1 aromatic carbocycles. The molecule has 0 radical (unpaired) electrons. The predicted molar refractivity (Wildman–Crippen MR) is 104 cm³/mol. The molecular formula is C20H28O12. The highest BCUT2D eigenvalue weighted by atomic mass is 16.7. The van der Waals surface area contributed by atoms with Gasteiger partial charge in [0.1, 0.15) is 36.1 Å². The number of Topliss-reactive ketones (excluding diaryl/α,β-unsaturated/α-hetero) is 1. The quantitative estimate of drug-likeness (QED) is 0.225. The van der Waals surface area contributed by atoms with Crippen LogP contribution >= 0.6 is 0 Å². The molecule has 12 heteroatoms. The Balaban J connectivity index is 1.69. The Bertz CT molecular complexity index is 803. The van der Waals surface area contributed by atoms with Crippen LogP contribution in [0.2, 0.25) is 0 Å². The zero-order chi connectivity index (χ0) is 23.6. The SMILES string of the molecule is COc1cc(C(C)=O)ccc1OC1OC(COC2OCC(O)(CO)C2O)C(O)C(O)C1O. The highest BCUT2D eigenvalue weighted by molar-refractivity contribution is 5.94. The van der Waals surface area contributed by atoms with Crippen molar-refractivity contribution in [2.45, 2.75) is 55.6 Å². The van der Waals surface area contributed by atoms with E-state index in [1.807, 2.05) is 0 Å². The van der Waals surface area contributed by atoms with Crippen LogP contribution in [0.1, 0.15) is 17.3 Å². The average Bonchev–Trinajstić information content (AvgIpc) is 3.07. The third-order valence-electron chi connectivity index (χ3n) is 5.49. The van der Waals surface area contributed by atoms with Gasteiger partial charge < -0.3 is 54.3 Å². The van der Waals surface area contributed by atoms with Crippen LogP contribution in [-0.4, -0.2) is 112 Å². The molecule has 8 atom stereocenters. The van der Waals surface area contributed by atoms with Crippen molar-refractivity contribution in [3.8, 4) is 11.5 Å². The Morgan fingerprint density at radius 1 is 1.12 bits per heavy atom. The molecule has 0 spiro atoms. The second kappa shape index (κ2) is 9.95. The lowest BCUT2D eigenvalue weighted by Crippen LogP contribution is -2.60. The van der Waals surface area contributed by atoms with E-state index in [9.17, 15) is 35.4 Å². The lowest BCUT2D eigenvalue weighted by molar-refractivity contribution is -0.289. The van der Waals surface area contributed by atoms with E-state index in [4.69, 9.17) is 23.7 Å². The first-order chi connectivity index (χ1) is 15.1. The minimum Gasteiger partial charge on any atom is -0.493 e. The molecule has 180 valence electrons. The van der Waals surface area contributed by atoms with Gasteiger partial charge in [-0.15, -0.1) is 0 Å². The number of aliphatic hydroxyl groups is 6. The predicted octanol–water partition coefficient (Wildman–Crippen LogP) is -2.46. The third-order valence-corrected chi connectivity index (χ3v) is 5.49. The highest BCUT2D eigenvalue weighted by Crippen LogP contribution is 2.33. The van der Waals surface area contributed by atoms with Crippen LogP contribution in [0.4, 0.5) is 0 Å². The number of carbonyl (C=O) groups excluding carboxylic acids is 1. The first-order valence-electron chi connectivity index (χ1n) is 9.91. The normalized spacial score (nSPS) is 37.3. The minimum absolute atomic E-state index is 0.118. The summed E-state index contributed by atoms with van der Waals surface area (Å²) >= 11 is 0. The first-order valence-corrected chi connectivity index (χ1v) is 9.91. The minimum atomic E-state index is -1.89. The van der Waals surface area contributed by atoms with Gasteiger partial charge in [-0.2, -0.15) is 0 Å². The molecular weight excluding hydrogens is 432 g/mol. The van der Waals surface area contributed by atoms with Gasteiger partial charge in [0.05, 0.1) is 26.9 Å². The standard InChI is InChI=1S/C20H28O12/c1-9(22)10-3-4-11(12(5-10)28-2)31-18-16(25)15(24)14(23)13(32-18)6-29-19-17(26)20(27,7-21)8-30-19/h3-5,13-19,21,23-27H,6-8H2,1-2H3. The summed E-state index contributed by atoms with van der Waals surface area (Å²) in [5.74, 6) is 0.115. The molecule has 3 rings (SSSR count). The lowest BCUT2D eigenvalue weighted by Gasteiger charge is -2.40. The number of benzene rings is 1. The second-order valence-corrected chi connectivity index (χ2v) is 7.77. The van der Waals surface area contributed by atoms with Crippen molar-refractivity contribution in [3.05, 3.63) is 23.8 Å². The van der Waals surface area contributed by atoms with Gasteiger partial charge in [-0.25, -0.2) is 0 Å². The van der Waals surface area contributed by atoms with Gasteiger partial charge in [0.15, 0.2) is 23.6 Å². The van der Waals surface area contributed by atoms with Crippen molar-refractivity contribution in [1.29, 1.82) is 0 Å². The summed E-state index contributed by atoms with van der Waals surface area (Å²) in [5.41, 5.74) is -1.51. The van der Waals surface area contributed by atoms with Crippen LogP contribution in [0.15, 0.2) is 18.2 Å². The molecule has 2 saturated heterocycles. The fourth-order valence-electron chi connectivity index (χ4n) is 3.39. The number of aliphatic hydroxyl groups excluding tert-OH is 5. The van der Waals surface area contributed by atoms with Gasteiger partial charge in [0.25, 0.3) is 0 Å². The van der Waals surface area contributed by atoms with E-state index in [1.54, 1.807) is 0 Å². The summed E-state index contributed by atoms with van der Waals surface area (Å²) in [6, 6.07) is 4.37. The molecule has 0 aliphatic carbocycles. The van der Waals surface area contributed by atoms with Crippen molar-refractivity contribution in [2.24, 2.45) is 0 Å². The average molecular weight is 460 g/mol. The summed E-state index contributed by atoms with van der Waals surface area (Å²) in [5, 5.41) is 60.0. The Hall–Kier alpha value is -1.87. The zero-order valence-corrected chi connectivity index (χ0v) is 17.5. The van der Waals surface area contributed by atoms with Crippen molar-refractivity contribution < 1.29 is 59.1 Å². The van der Waals surface area contributed by atoms with E-state index < -0.39 is 61.9 Å². The summed E-state index contributed by atoms with van der Waals surface area (Å²) < 4.78 is 26.9. The molecule has 6 N–H and O–H groups in total. The summed E-state index contributed by atoms with van der Waals surface area (Å²) in [6.07, 6.45) is -10.4. The Kier molecular flexibility index (Phi) is 7.70. The van der Waals surface area contributed by atoms with Gasteiger partial charge in [-0.1, -0.05) is 0 Å². The van der Waals surface area contributed by atoms with Crippen molar-refractivity contribution in [1.82, 2.24) is 0 Å². The second-order valence-electron chi connectivity index (χ2n) is 7.77. The molecule has 1 aromatic rings. The first kappa shape index (κ1) is 24.8. The van der Waals surface area contributed by atoms with Crippen LogP contribution in [0.5, 0.6) is 11.5 Å². The molecule has 8 unspecified atom stereocenters. The van der Waals surface area contributed by atoms with Crippen molar-refractivity contribution in [3.63, 3.8) is 0 Å². The lowest BCUT2D eigenvalue weighted by atomic mass is 9.99. The largest absolute Gasteiger partial charge is 0.493 e. The molecule has 0 amide bonds. The molecule has 0 saturated carbocycles. The maximum absolute atomic E-state index is 11.6. The molecule has 2 aliphatic rings. The number of ketones is 1. The van der Waals surface area contributed by atoms with Gasteiger partial charge in [0, 0.05) is 5.56 Å². The van der Waals surface area contributed by atoms with E-state index in [0.29, 0.717) is 5.56 Å². The molecule has 0 bridgehead atoms. The number of hydrogen-bond donors (Lipinski definition) is 6. The zero-order valence-electron chi connectivity index (χ0n) is 17.5. The van der Waals surface area contributed by atoms with Crippen LogP contribution in [0.25, 0.3) is 0 Å². The fraction of sp³-hybridized carbons (Fsp3) is 0.650. The van der Waals surface area contributed by atoms with E-state index in [2.05, 4.69) is 0 Å². The number of ether oxygens (including phenoxy) is 5. The topological polar surface area (TPSA) is 185 Å². The molecule has 2 aliphatic heterocycles. The van der Waals surface area contributed by atoms with Gasteiger partial charge in [-0.05, 0) is 25.1 Å². The van der Waals surface area contributed by atoms with E-state index in [1.165, 1.54) is 32.2 Å². The molecule has 2 heterocycles. The number of rotatable bonds is 8. The number of carbonyl (C=O) groups is 1. The molecule has 12 nitrogen and oxygen atoms in total. The van der Waals surface area contributed by atoms with Crippen LogP contribution in [0, 0.1) is 0 Å². The monoisotopic (exact) mass is 460 g/mol. The van der Waals surface area contributed by atoms with Gasteiger partial charge in [0.2, 0.25) is 6.29 Å². The Morgan fingerprint density at radius 3 is 2.44 bits per heavy atom. The van der Waals surface area contributed by atoms with Crippen molar-refractivity contribution >= 4 is 5.78 Å². The van der Waals surface area contributed by atoms with Crippen molar-refractivity contribution in [2.75, 3.05) is 26.9 Å². The van der Waals surface area contributed by atoms with Gasteiger partial charge >= 0.3 is 0 Å². The maximum Gasteiger partial charge on any atom is 0.229 e. The Labute approximate surface area is 183 Å². The smallest absolute Gasteiger partial charge is 0.229 e. The summed E-state index contributed by atoms with van der Waals surface area (Å²) in [7, 11) is 1.36. The van der Waals surface area contributed by atoms with E-state index >= 15 is 0 Å². The van der Waals surface area contributed by atoms with Crippen LogP contribution < -0.4 is 9.47 Å². The molecule has 0 aromatic heterocycles.